The van der Waals surface area contributed by atoms with Crippen LogP contribution in [-0.2, 0) is 11.3 Å². The predicted molar refractivity (Wildman–Crippen MR) is 85.8 cm³/mol. The highest BCUT2D eigenvalue weighted by Crippen LogP contribution is 2.23. The molecule has 1 amide bonds. The average molecular weight is 299 g/mol. The highest BCUT2D eigenvalue weighted by molar-refractivity contribution is 7.97. The number of hydrogen-bond donors (Lipinski definition) is 0. The van der Waals surface area contributed by atoms with Gasteiger partial charge in [0.1, 0.15) is 6.61 Å². The normalized spacial score (nSPS) is 9.90. The van der Waals surface area contributed by atoms with Gasteiger partial charge in [-0.1, -0.05) is 54.6 Å². The largest absolute Gasteiger partial charge is 0.444 e. The van der Waals surface area contributed by atoms with E-state index in [-0.39, 0.29) is 12.7 Å². The van der Waals surface area contributed by atoms with Crippen LogP contribution in [0.1, 0.15) is 5.56 Å². The molecule has 0 aliphatic heterocycles. The summed E-state index contributed by atoms with van der Waals surface area (Å²) in [6.07, 6.45) is 1.31. The Bertz CT molecular complexity index is 572. The fourth-order valence-electron chi connectivity index (χ4n) is 1.67. The summed E-state index contributed by atoms with van der Waals surface area (Å²) in [6.45, 7) is 4.37. The second kappa shape index (κ2) is 8.17. The first-order valence-corrected chi connectivity index (χ1v) is 7.39. The highest BCUT2D eigenvalue weighted by atomic mass is 32.2. The lowest BCUT2D eigenvalue weighted by Crippen LogP contribution is -2.25. The molecule has 2 aromatic rings. The standard InChI is InChI=1S/C17H17NO2S/c1-2-13-18(21-16-11-7-4-8-12-16)17(19)20-14-15-9-5-3-6-10-15/h2-12H,1,13-14H2. The number of carbonyl (C=O) groups excluding carboxylic acids is 1. The van der Waals surface area contributed by atoms with Crippen molar-refractivity contribution in [2.75, 3.05) is 6.54 Å². The van der Waals surface area contributed by atoms with Crippen molar-refractivity contribution in [1.29, 1.82) is 0 Å². The van der Waals surface area contributed by atoms with Gasteiger partial charge < -0.3 is 4.74 Å². The van der Waals surface area contributed by atoms with E-state index in [0.29, 0.717) is 6.54 Å². The van der Waals surface area contributed by atoms with Gasteiger partial charge in [0, 0.05) is 4.90 Å². The third kappa shape index (κ3) is 5.00. The quantitative estimate of drug-likeness (QED) is 0.580. The third-order valence-electron chi connectivity index (χ3n) is 2.66. The molecule has 2 aromatic carbocycles. The van der Waals surface area contributed by atoms with Gasteiger partial charge in [0.25, 0.3) is 0 Å². The van der Waals surface area contributed by atoms with Crippen LogP contribution in [0.25, 0.3) is 0 Å². The van der Waals surface area contributed by atoms with Crippen LogP contribution in [0.4, 0.5) is 4.79 Å². The fourth-order valence-corrected chi connectivity index (χ4v) is 2.51. The van der Waals surface area contributed by atoms with E-state index in [1.807, 2.05) is 60.7 Å². The monoisotopic (exact) mass is 299 g/mol. The summed E-state index contributed by atoms with van der Waals surface area (Å²) in [5.74, 6) is 0. The lowest BCUT2D eigenvalue weighted by Gasteiger charge is -2.19. The third-order valence-corrected chi connectivity index (χ3v) is 3.66. The zero-order chi connectivity index (χ0) is 14.9. The first-order valence-electron chi connectivity index (χ1n) is 6.61. The van der Waals surface area contributed by atoms with Crippen molar-refractivity contribution in [3.63, 3.8) is 0 Å². The van der Waals surface area contributed by atoms with Gasteiger partial charge in [-0.25, -0.2) is 9.10 Å². The topological polar surface area (TPSA) is 29.5 Å². The molecule has 0 saturated heterocycles. The van der Waals surface area contributed by atoms with Gasteiger partial charge in [-0.3, -0.25) is 0 Å². The number of nitrogens with zero attached hydrogens (tertiary/aromatic N) is 1. The zero-order valence-electron chi connectivity index (χ0n) is 11.6. The van der Waals surface area contributed by atoms with Crippen LogP contribution in [0.2, 0.25) is 0 Å². The molecule has 0 saturated carbocycles. The SMILES string of the molecule is C=CCN(Sc1ccccc1)C(=O)OCc1ccccc1. The predicted octanol–water partition coefficient (Wildman–Crippen LogP) is 4.52. The van der Waals surface area contributed by atoms with Gasteiger partial charge in [-0.2, -0.15) is 0 Å². The Labute approximate surface area is 129 Å². The first-order chi connectivity index (χ1) is 10.3. The van der Waals surface area contributed by atoms with Crippen molar-refractivity contribution < 1.29 is 9.53 Å². The second-order valence-corrected chi connectivity index (χ2v) is 5.39. The Kier molecular flexibility index (Phi) is 5.91. The fraction of sp³-hybridized carbons (Fsp3) is 0.118. The van der Waals surface area contributed by atoms with Crippen molar-refractivity contribution in [3.8, 4) is 0 Å². The Morgan fingerprint density at radius 1 is 1.10 bits per heavy atom. The smallest absolute Gasteiger partial charge is 0.420 e. The number of rotatable bonds is 6. The van der Waals surface area contributed by atoms with Gasteiger partial charge >= 0.3 is 6.09 Å². The summed E-state index contributed by atoms with van der Waals surface area (Å²) in [4.78, 5) is 13.1. The molecule has 0 heterocycles. The molecule has 0 spiro atoms. The van der Waals surface area contributed by atoms with Crippen molar-refractivity contribution in [2.45, 2.75) is 11.5 Å². The van der Waals surface area contributed by atoms with Gasteiger partial charge in [0.05, 0.1) is 6.54 Å². The summed E-state index contributed by atoms with van der Waals surface area (Å²) in [6, 6.07) is 19.3. The van der Waals surface area contributed by atoms with Crippen LogP contribution in [0.5, 0.6) is 0 Å². The molecule has 108 valence electrons. The van der Waals surface area contributed by atoms with Crippen LogP contribution in [0, 0.1) is 0 Å². The van der Waals surface area contributed by atoms with Crippen molar-refractivity contribution in [1.82, 2.24) is 4.31 Å². The number of amides is 1. The number of hydrogen-bond acceptors (Lipinski definition) is 3. The van der Waals surface area contributed by atoms with E-state index in [9.17, 15) is 4.79 Å². The van der Waals surface area contributed by atoms with E-state index in [4.69, 9.17) is 4.74 Å². The maximum atomic E-state index is 12.1. The van der Waals surface area contributed by atoms with E-state index >= 15 is 0 Å². The molecule has 0 fully saturated rings. The van der Waals surface area contributed by atoms with E-state index < -0.39 is 0 Å². The summed E-state index contributed by atoms with van der Waals surface area (Å²) in [5.41, 5.74) is 0.967. The van der Waals surface area contributed by atoms with Crippen molar-refractivity contribution in [2.24, 2.45) is 0 Å². The molecular formula is C17H17NO2S. The lowest BCUT2D eigenvalue weighted by molar-refractivity contribution is 0.124. The molecule has 0 atom stereocenters. The van der Waals surface area contributed by atoms with Gasteiger partial charge in [-0.15, -0.1) is 6.58 Å². The molecule has 21 heavy (non-hydrogen) atoms. The molecule has 0 aromatic heterocycles. The number of ether oxygens (including phenoxy) is 1. The van der Waals surface area contributed by atoms with E-state index in [1.54, 1.807) is 10.4 Å². The molecule has 0 N–H and O–H groups in total. The lowest BCUT2D eigenvalue weighted by atomic mass is 10.2. The Morgan fingerprint density at radius 2 is 1.71 bits per heavy atom. The minimum Gasteiger partial charge on any atom is -0.444 e. The summed E-state index contributed by atoms with van der Waals surface area (Å²) < 4.78 is 6.88. The Balaban J connectivity index is 1.94. The molecule has 0 bridgehead atoms. The molecule has 2 rings (SSSR count). The van der Waals surface area contributed by atoms with E-state index in [1.165, 1.54) is 11.9 Å². The first kappa shape index (κ1) is 15.2. The average Bonchev–Trinajstić information content (AvgIpc) is 2.54. The maximum absolute atomic E-state index is 12.1. The van der Waals surface area contributed by atoms with E-state index in [0.717, 1.165) is 10.5 Å². The van der Waals surface area contributed by atoms with Crippen LogP contribution in [0.15, 0.2) is 78.2 Å². The minimum absolute atomic E-state index is 0.267. The molecule has 0 aliphatic rings. The molecule has 0 aliphatic carbocycles. The van der Waals surface area contributed by atoms with Crippen molar-refractivity contribution >= 4 is 18.0 Å². The molecule has 3 nitrogen and oxygen atoms in total. The number of carbonyl (C=O) groups is 1. The Hall–Kier alpha value is -2.20. The highest BCUT2D eigenvalue weighted by Gasteiger charge is 2.15. The van der Waals surface area contributed by atoms with Crippen LogP contribution in [0.3, 0.4) is 0 Å². The van der Waals surface area contributed by atoms with Gasteiger partial charge in [-0.05, 0) is 29.6 Å². The van der Waals surface area contributed by atoms with Crippen LogP contribution < -0.4 is 0 Å². The number of benzene rings is 2. The van der Waals surface area contributed by atoms with Gasteiger partial charge in [0.2, 0.25) is 0 Å². The zero-order valence-corrected chi connectivity index (χ0v) is 12.5. The van der Waals surface area contributed by atoms with Crippen LogP contribution in [-0.4, -0.2) is 16.9 Å². The van der Waals surface area contributed by atoms with Crippen molar-refractivity contribution in [3.05, 3.63) is 78.9 Å². The second-order valence-electron chi connectivity index (χ2n) is 4.29. The molecule has 0 radical (unpaired) electrons. The molecule has 0 unspecified atom stereocenters. The van der Waals surface area contributed by atoms with Gasteiger partial charge in [0.15, 0.2) is 0 Å². The molecule has 4 heteroatoms. The van der Waals surface area contributed by atoms with E-state index in [2.05, 4.69) is 6.58 Å². The summed E-state index contributed by atoms with van der Waals surface area (Å²) in [5, 5.41) is 0. The summed E-state index contributed by atoms with van der Waals surface area (Å²) in [7, 11) is 0. The Morgan fingerprint density at radius 3 is 2.33 bits per heavy atom. The maximum Gasteiger partial charge on any atom is 0.420 e. The summed E-state index contributed by atoms with van der Waals surface area (Å²) >= 11 is 1.34. The molecular weight excluding hydrogens is 282 g/mol. The minimum atomic E-state index is -0.368. The van der Waals surface area contributed by atoms with Crippen LogP contribution >= 0.6 is 11.9 Å².